The van der Waals surface area contributed by atoms with E-state index in [-0.39, 0.29) is 24.9 Å². The summed E-state index contributed by atoms with van der Waals surface area (Å²) in [7, 11) is 0.528. The topological polar surface area (TPSA) is 84.9 Å². The van der Waals surface area contributed by atoms with Crippen LogP contribution in [0.15, 0.2) is 84.9 Å². The summed E-state index contributed by atoms with van der Waals surface area (Å²) in [5.41, 5.74) is 2.66. The van der Waals surface area contributed by atoms with Crippen LogP contribution in [-0.4, -0.2) is 77.6 Å². The van der Waals surface area contributed by atoms with Gasteiger partial charge in [-0.2, -0.15) is 0 Å². The van der Waals surface area contributed by atoms with Crippen molar-refractivity contribution in [1.29, 1.82) is 0 Å². The summed E-state index contributed by atoms with van der Waals surface area (Å²) in [6, 6.07) is 29.7. The van der Waals surface area contributed by atoms with Crippen molar-refractivity contribution in [1.82, 2.24) is 4.90 Å². The van der Waals surface area contributed by atoms with Crippen molar-refractivity contribution in [3.63, 3.8) is 0 Å². The first-order valence-electron chi connectivity index (χ1n) is 19.1. The molecule has 0 aliphatic carbocycles. The molecule has 1 aliphatic heterocycles. The molecule has 54 heavy (non-hydrogen) atoms. The molecule has 4 aromatic carbocycles. The maximum Gasteiger partial charge on any atom is 0.410 e. The highest BCUT2D eigenvalue weighted by Crippen LogP contribution is 2.33. The third-order valence-corrected chi connectivity index (χ3v) is 11.0. The third-order valence-electron chi connectivity index (χ3n) is 9.32. The van der Waals surface area contributed by atoms with Gasteiger partial charge in [-0.3, -0.25) is 0 Å². The summed E-state index contributed by atoms with van der Waals surface area (Å²) in [6.07, 6.45) is 0.989. The molecule has 9 nitrogen and oxygen atoms in total. The molecule has 0 aromatic heterocycles. The van der Waals surface area contributed by atoms with Gasteiger partial charge in [-0.25, -0.2) is 4.79 Å². The smallest absolute Gasteiger partial charge is 0.410 e. The monoisotopic (exact) mass is 757 g/mol. The van der Waals surface area contributed by atoms with Gasteiger partial charge in [-0.05, 0) is 91.5 Å². The molecule has 1 saturated heterocycles. The number of benzene rings is 4. The number of nitrogens with zero attached hydrogens (tertiary/aromatic N) is 1. The molecule has 0 saturated carbocycles. The van der Waals surface area contributed by atoms with Gasteiger partial charge < -0.3 is 38.1 Å². The fraction of sp³-hybridized carbons (Fsp3) is 0.477. The zero-order valence-corrected chi connectivity index (χ0v) is 34.2. The number of carbonyl (C=O) groups excluding carboxylic acids is 1. The Hall–Kier alpha value is -4.09. The molecule has 292 valence electrons. The van der Waals surface area contributed by atoms with Crippen LogP contribution in [-0.2, 0) is 32.2 Å². The van der Waals surface area contributed by atoms with Crippen molar-refractivity contribution in [3.05, 3.63) is 102 Å². The van der Waals surface area contributed by atoms with Crippen molar-refractivity contribution in [3.8, 4) is 17.2 Å². The number of piperidine rings is 1. The Bertz CT molecular complexity index is 1770. The van der Waals surface area contributed by atoms with Crippen LogP contribution in [0.4, 0.5) is 4.79 Å². The minimum absolute atomic E-state index is 0.0996. The maximum atomic E-state index is 13.1. The number of para-hydroxylation sites is 1. The molecule has 0 radical (unpaired) electrons. The Labute approximate surface area is 322 Å². The lowest BCUT2D eigenvalue weighted by Gasteiger charge is -2.39. The first-order chi connectivity index (χ1) is 25.9. The lowest BCUT2D eigenvalue weighted by molar-refractivity contribution is -0.0359. The van der Waals surface area contributed by atoms with E-state index >= 15 is 0 Å². The van der Waals surface area contributed by atoms with Gasteiger partial charge in [0.25, 0.3) is 0 Å². The molecule has 4 aromatic rings. The second-order valence-corrected chi connectivity index (χ2v) is 21.8. The van der Waals surface area contributed by atoms with Gasteiger partial charge in [0.1, 0.15) is 22.8 Å². The Kier molecular flexibility index (Phi) is 14.8. The number of carbonyl (C=O) groups is 1. The Morgan fingerprint density at radius 3 is 2.33 bits per heavy atom. The lowest BCUT2D eigenvalue weighted by Crippen LogP contribution is -2.48. The average molecular weight is 758 g/mol. The van der Waals surface area contributed by atoms with Crippen molar-refractivity contribution in [2.75, 3.05) is 46.8 Å². The highest BCUT2D eigenvalue weighted by atomic mass is 28.3. The predicted molar refractivity (Wildman–Crippen MR) is 216 cm³/mol. The average Bonchev–Trinajstić information content (AvgIpc) is 3.14. The van der Waals surface area contributed by atoms with Crippen LogP contribution in [0.2, 0.25) is 25.7 Å². The Balaban J connectivity index is 1.17. The highest BCUT2D eigenvalue weighted by molar-refractivity contribution is 6.76. The van der Waals surface area contributed by atoms with E-state index in [1.165, 1.54) is 0 Å². The summed E-state index contributed by atoms with van der Waals surface area (Å²) in [5.74, 6) is 2.52. The number of hydrogen-bond donors (Lipinski definition) is 0. The second kappa shape index (κ2) is 19.5. The highest BCUT2D eigenvalue weighted by Gasteiger charge is 2.35. The zero-order chi connectivity index (χ0) is 38.6. The van der Waals surface area contributed by atoms with E-state index in [0.717, 1.165) is 70.2 Å². The third kappa shape index (κ3) is 13.0. The zero-order valence-electron chi connectivity index (χ0n) is 33.2. The molecule has 1 amide bonds. The van der Waals surface area contributed by atoms with E-state index in [9.17, 15) is 4.79 Å². The van der Waals surface area contributed by atoms with Crippen molar-refractivity contribution < 1.29 is 38.0 Å². The molecule has 5 rings (SSSR count). The van der Waals surface area contributed by atoms with Crippen molar-refractivity contribution >= 4 is 24.9 Å². The van der Waals surface area contributed by atoms with Gasteiger partial charge >= 0.3 is 6.09 Å². The van der Waals surface area contributed by atoms with Crippen molar-refractivity contribution in [2.45, 2.75) is 90.1 Å². The van der Waals surface area contributed by atoms with E-state index in [1.807, 2.05) is 69.3 Å². The lowest BCUT2D eigenvalue weighted by atomic mass is 9.87. The van der Waals surface area contributed by atoms with Gasteiger partial charge in [0.2, 0.25) is 0 Å². The quantitative estimate of drug-likeness (QED) is 0.0564. The summed E-state index contributed by atoms with van der Waals surface area (Å²) in [5, 5.41) is 2.20. The van der Waals surface area contributed by atoms with Crippen LogP contribution in [0.1, 0.15) is 56.2 Å². The Morgan fingerprint density at radius 2 is 1.57 bits per heavy atom. The van der Waals surface area contributed by atoms with E-state index in [1.54, 1.807) is 12.0 Å². The second-order valence-electron chi connectivity index (χ2n) is 16.1. The minimum atomic E-state index is -1.14. The fourth-order valence-electron chi connectivity index (χ4n) is 6.33. The van der Waals surface area contributed by atoms with Gasteiger partial charge in [0, 0.05) is 39.1 Å². The molecular weight excluding hydrogens is 699 g/mol. The summed E-state index contributed by atoms with van der Waals surface area (Å²) < 4.78 is 41.4. The number of hydrogen-bond acceptors (Lipinski definition) is 8. The van der Waals surface area contributed by atoms with Gasteiger partial charge in [-0.15, -0.1) is 0 Å². The van der Waals surface area contributed by atoms with Gasteiger partial charge in [0.15, 0.2) is 6.79 Å². The van der Waals surface area contributed by atoms with E-state index < -0.39 is 13.7 Å². The van der Waals surface area contributed by atoms with E-state index in [4.69, 9.17) is 33.2 Å². The molecule has 0 spiro atoms. The van der Waals surface area contributed by atoms with Crippen LogP contribution in [0.5, 0.6) is 17.2 Å². The SMILES string of the molecule is COc1ccccc1COCCCOc1ccc([C@H]2CCN(C(=O)OC(C)(C)C)C[C@@H]2OCc2ccc3ccc(OCOCC[Si](C)(C)C)cc3c2)cc1. The normalized spacial score (nSPS) is 16.3. The molecule has 0 unspecified atom stereocenters. The van der Waals surface area contributed by atoms with E-state index in [2.05, 4.69) is 56.0 Å². The van der Waals surface area contributed by atoms with Crippen LogP contribution in [0.3, 0.4) is 0 Å². The molecule has 2 atom stereocenters. The summed E-state index contributed by atoms with van der Waals surface area (Å²) >= 11 is 0. The van der Waals surface area contributed by atoms with E-state index in [0.29, 0.717) is 39.5 Å². The number of amides is 1. The fourth-order valence-corrected chi connectivity index (χ4v) is 7.09. The molecular formula is C44H59NO8Si. The number of ether oxygens (including phenoxy) is 7. The van der Waals surface area contributed by atoms with Crippen LogP contribution in [0.25, 0.3) is 10.8 Å². The molecule has 1 aliphatic rings. The first kappa shape index (κ1) is 41.1. The molecule has 0 bridgehead atoms. The molecule has 1 fully saturated rings. The molecule has 10 heteroatoms. The predicted octanol–water partition coefficient (Wildman–Crippen LogP) is 9.83. The van der Waals surface area contributed by atoms with Gasteiger partial charge in [0.05, 0.1) is 46.2 Å². The number of rotatable bonds is 18. The van der Waals surface area contributed by atoms with Crippen LogP contribution in [0, 0.1) is 0 Å². The summed E-state index contributed by atoms with van der Waals surface area (Å²) in [6.45, 7) is 16.7. The Morgan fingerprint density at radius 1 is 0.815 bits per heavy atom. The molecule has 0 N–H and O–H groups in total. The largest absolute Gasteiger partial charge is 0.496 e. The number of methoxy groups -OCH3 is 1. The molecule has 1 heterocycles. The van der Waals surface area contributed by atoms with Gasteiger partial charge in [-0.1, -0.05) is 68.2 Å². The minimum Gasteiger partial charge on any atom is -0.496 e. The number of likely N-dealkylation sites (tertiary alicyclic amines) is 1. The maximum absolute atomic E-state index is 13.1. The van der Waals surface area contributed by atoms with Crippen LogP contribution < -0.4 is 14.2 Å². The first-order valence-corrected chi connectivity index (χ1v) is 22.8. The number of fused-ring (bicyclic) bond motifs is 1. The van der Waals surface area contributed by atoms with Crippen LogP contribution >= 0.6 is 0 Å². The summed E-state index contributed by atoms with van der Waals surface area (Å²) in [4.78, 5) is 14.9. The standard InChI is InChI=1S/C44H59NO8Si/c1-44(2,3)53-43(46)45-22-21-40(35-16-18-38(19-17-35)50-24-10-23-48-31-36-11-8-9-12-41(36)47-4)42(29-45)51-30-33-13-14-34-15-20-39(28-37(34)27-33)52-32-49-25-26-54(5,6)7/h8-9,11-20,27-28,40,42H,10,21-26,29-32H2,1-7H3/t40-,42+/m1/s1. The van der Waals surface area contributed by atoms with Crippen molar-refractivity contribution in [2.24, 2.45) is 0 Å².